The third-order valence-electron chi connectivity index (χ3n) is 4.82. The zero-order chi connectivity index (χ0) is 17.7. The van der Waals surface area contributed by atoms with Crippen LogP contribution in [0.3, 0.4) is 0 Å². The van der Waals surface area contributed by atoms with Crippen LogP contribution in [-0.4, -0.2) is 32.8 Å². The van der Waals surface area contributed by atoms with Crippen molar-refractivity contribution in [2.75, 3.05) is 26.9 Å². The second kappa shape index (κ2) is 7.89. The predicted molar refractivity (Wildman–Crippen MR) is 98.5 cm³/mol. The minimum atomic E-state index is -0.188. The summed E-state index contributed by atoms with van der Waals surface area (Å²) in [6, 6.07) is 14.9. The summed E-state index contributed by atoms with van der Waals surface area (Å²) >= 11 is 5.89. The van der Waals surface area contributed by atoms with Crippen LogP contribution in [0.4, 0.5) is 0 Å². The SMILES string of the molecule is COc1ccccc1C1(CNC(=O)c2ccc(Cl)cc2)CCOCC1. The summed E-state index contributed by atoms with van der Waals surface area (Å²) < 4.78 is 11.1. The first kappa shape index (κ1) is 17.8. The normalized spacial score (nSPS) is 16.2. The molecule has 1 heterocycles. The monoisotopic (exact) mass is 359 g/mol. The quantitative estimate of drug-likeness (QED) is 0.882. The van der Waals surface area contributed by atoms with Crippen LogP contribution < -0.4 is 10.1 Å². The first-order valence-electron chi connectivity index (χ1n) is 8.40. The Morgan fingerprint density at radius 1 is 1.16 bits per heavy atom. The van der Waals surface area contributed by atoms with Crippen LogP contribution in [0, 0.1) is 0 Å². The van der Waals surface area contributed by atoms with Crippen LogP contribution in [-0.2, 0) is 10.2 Å². The lowest BCUT2D eigenvalue weighted by atomic mass is 9.73. The van der Waals surface area contributed by atoms with Gasteiger partial charge < -0.3 is 14.8 Å². The molecule has 132 valence electrons. The number of nitrogens with one attached hydrogen (secondary N) is 1. The highest BCUT2D eigenvalue weighted by Crippen LogP contribution is 2.39. The van der Waals surface area contributed by atoms with Crippen LogP contribution in [0.1, 0.15) is 28.8 Å². The topological polar surface area (TPSA) is 47.6 Å². The second-order valence-electron chi connectivity index (χ2n) is 6.28. The number of ether oxygens (including phenoxy) is 2. The van der Waals surface area contributed by atoms with Crippen molar-refractivity contribution in [2.45, 2.75) is 18.3 Å². The number of benzene rings is 2. The van der Waals surface area contributed by atoms with Crippen LogP contribution >= 0.6 is 11.6 Å². The predicted octanol–water partition coefficient (Wildman–Crippen LogP) is 3.83. The van der Waals surface area contributed by atoms with Gasteiger partial charge in [0.25, 0.3) is 5.91 Å². The van der Waals surface area contributed by atoms with Gasteiger partial charge in [0.2, 0.25) is 0 Å². The van der Waals surface area contributed by atoms with E-state index >= 15 is 0 Å². The molecule has 2 aromatic rings. The first-order valence-corrected chi connectivity index (χ1v) is 8.77. The lowest BCUT2D eigenvalue weighted by molar-refractivity contribution is 0.0479. The molecule has 3 rings (SSSR count). The van der Waals surface area contributed by atoms with Gasteiger partial charge in [0.05, 0.1) is 7.11 Å². The minimum absolute atomic E-state index is 0.0996. The van der Waals surface area contributed by atoms with Gasteiger partial charge in [-0.15, -0.1) is 0 Å². The van der Waals surface area contributed by atoms with Gasteiger partial charge in [-0.1, -0.05) is 29.8 Å². The molecule has 1 saturated heterocycles. The van der Waals surface area contributed by atoms with E-state index in [4.69, 9.17) is 21.1 Å². The number of halogens is 1. The fourth-order valence-electron chi connectivity index (χ4n) is 3.34. The number of hydrogen-bond donors (Lipinski definition) is 1. The molecular formula is C20H22ClNO3. The Bertz CT molecular complexity index is 724. The van der Waals surface area contributed by atoms with E-state index in [1.807, 2.05) is 18.2 Å². The molecule has 2 aromatic carbocycles. The van der Waals surface area contributed by atoms with Gasteiger partial charge in [-0.2, -0.15) is 0 Å². The van der Waals surface area contributed by atoms with Crippen molar-refractivity contribution in [2.24, 2.45) is 0 Å². The second-order valence-corrected chi connectivity index (χ2v) is 6.72. The zero-order valence-electron chi connectivity index (χ0n) is 14.3. The van der Waals surface area contributed by atoms with Crippen molar-refractivity contribution in [3.8, 4) is 5.75 Å². The van der Waals surface area contributed by atoms with Crippen LogP contribution in [0.25, 0.3) is 0 Å². The van der Waals surface area contributed by atoms with Crippen molar-refractivity contribution >= 4 is 17.5 Å². The average Bonchev–Trinajstić information content (AvgIpc) is 2.67. The fraction of sp³-hybridized carbons (Fsp3) is 0.350. The molecule has 1 N–H and O–H groups in total. The summed E-state index contributed by atoms with van der Waals surface area (Å²) in [5.41, 5.74) is 1.54. The van der Waals surface area contributed by atoms with E-state index in [1.54, 1.807) is 31.4 Å². The van der Waals surface area contributed by atoms with E-state index < -0.39 is 0 Å². The molecule has 4 nitrogen and oxygen atoms in total. The first-order chi connectivity index (χ1) is 12.1. The van der Waals surface area contributed by atoms with Crippen molar-refractivity contribution in [1.82, 2.24) is 5.32 Å². The highest BCUT2D eigenvalue weighted by atomic mass is 35.5. The third-order valence-corrected chi connectivity index (χ3v) is 5.07. The zero-order valence-corrected chi connectivity index (χ0v) is 15.0. The fourth-order valence-corrected chi connectivity index (χ4v) is 3.47. The molecule has 1 aliphatic heterocycles. The number of hydrogen-bond acceptors (Lipinski definition) is 3. The van der Waals surface area contributed by atoms with Crippen LogP contribution in [0.5, 0.6) is 5.75 Å². The summed E-state index contributed by atoms with van der Waals surface area (Å²) in [6.45, 7) is 1.89. The number of methoxy groups -OCH3 is 1. The largest absolute Gasteiger partial charge is 0.496 e. The standard InChI is InChI=1S/C20H22ClNO3/c1-24-18-5-3-2-4-17(18)20(10-12-25-13-11-20)14-22-19(23)15-6-8-16(21)9-7-15/h2-9H,10-14H2,1H3,(H,22,23). The molecule has 0 atom stereocenters. The molecule has 0 spiro atoms. The highest BCUT2D eigenvalue weighted by molar-refractivity contribution is 6.30. The van der Waals surface area contributed by atoms with Gasteiger partial charge in [0.15, 0.2) is 0 Å². The Hall–Kier alpha value is -2.04. The summed E-state index contributed by atoms with van der Waals surface area (Å²) in [5, 5.41) is 3.70. The Balaban J connectivity index is 1.81. The van der Waals surface area contributed by atoms with Gasteiger partial charge >= 0.3 is 0 Å². The number of carbonyl (C=O) groups is 1. The van der Waals surface area contributed by atoms with Crippen LogP contribution in [0.15, 0.2) is 48.5 Å². The van der Waals surface area contributed by atoms with Gasteiger partial charge in [0, 0.05) is 41.3 Å². The van der Waals surface area contributed by atoms with Crippen molar-refractivity contribution in [1.29, 1.82) is 0 Å². The van der Waals surface area contributed by atoms with E-state index in [0.717, 1.165) is 24.2 Å². The molecule has 1 aliphatic rings. The Kier molecular flexibility index (Phi) is 5.61. The maximum absolute atomic E-state index is 12.5. The number of carbonyl (C=O) groups excluding carboxylic acids is 1. The summed E-state index contributed by atoms with van der Waals surface area (Å²) in [7, 11) is 1.68. The number of rotatable bonds is 5. The van der Waals surface area contributed by atoms with E-state index in [9.17, 15) is 4.79 Å². The lowest BCUT2D eigenvalue weighted by Gasteiger charge is -2.38. The molecule has 1 amide bonds. The van der Waals surface area contributed by atoms with E-state index in [2.05, 4.69) is 11.4 Å². The van der Waals surface area contributed by atoms with Gasteiger partial charge in [-0.25, -0.2) is 0 Å². The van der Waals surface area contributed by atoms with Gasteiger partial charge in [-0.05, 0) is 43.2 Å². The summed E-state index contributed by atoms with van der Waals surface area (Å²) in [5.74, 6) is 0.752. The summed E-state index contributed by atoms with van der Waals surface area (Å²) in [6.07, 6.45) is 1.68. The van der Waals surface area contributed by atoms with Crippen molar-refractivity contribution < 1.29 is 14.3 Å². The molecule has 5 heteroatoms. The number of amides is 1. The van der Waals surface area contributed by atoms with Gasteiger partial charge in [0.1, 0.15) is 5.75 Å². The van der Waals surface area contributed by atoms with E-state index in [-0.39, 0.29) is 11.3 Å². The van der Waals surface area contributed by atoms with Crippen molar-refractivity contribution in [3.05, 3.63) is 64.7 Å². The lowest BCUT2D eigenvalue weighted by Crippen LogP contribution is -2.44. The highest BCUT2D eigenvalue weighted by Gasteiger charge is 2.37. The molecule has 0 aliphatic carbocycles. The maximum Gasteiger partial charge on any atom is 0.251 e. The smallest absolute Gasteiger partial charge is 0.251 e. The minimum Gasteiger partial charge on any atom is -0.496 e. The summed E-state index contributed by atoms with van der Waals surface area (Å²) in [4.78, 5) is 12.5. The third kappa shape index (κ3) is 3.97. The maximum atomic E-state index is 12.5. The van der Waals surface area contributed by atoms with Gasteiger partial charge in [-0.3, -0.25) is 4.79 Å². The molecule has 25 heavy (non-hydrogen) atoms. The number of para-hydroxylation sites is 1. The molecule has 0 saturated carbocycles. The molecule has 0 radical (unpaired) electrons. The molecule has 1 fully saturated rings. The van der Waals surface area contributed by atoms with E-state index in [1.165, 1.54) is 0 Å². The molecule has 0 aromatic heterocycles. The van der Waals surface area contributed by atoms with Crippen molar-refractivity contribution in [3.63, 3.8) is 0 Å². The average molecular weight is 360 g/mol. The van der Waals surface area contributed by atoms with E-state index in [0.29, 0.717) is 30.3 Å². The molecule has 0 bridgehead atoms. The Morgan fingerprint density at radius 3 is 2.52 bits per heavy atom. The van der Waals surface area contributed by atoms with Crippen LogP contribution in [0.2, 0.25) is 5.02 Å². The Labute approximate surface area is 153 Å². The molecular weight excluding hydrogens is 338 g/mol. The molecule has 0 unspecified atom stereocenters. The Morgan fingerprint density at radius 2 is 1.84 bits per heavy atom.